The lowest BCUT2D eigenvalue weighted by Crippen LogP contribution is -2.31. The van der Waals surface area contributed by atoms with Gasteiger partial charge in [-0.05, 0) is 60.5 Å². The second kappa shape index (κ2) is 8.82. The van der Waals surface area contributed by atoms with E-state index in [9.17, 15) is 14.7 Å². The minimum absolute atomic E-state index is 0.0222. The van der Waals surface area contributed by atoms with Gasteiger partial charge in [-0.2, -0.15) is 5.26 Å². The summed E-state index contributed by atoms with van der Waals surface area (Å²) >= 11 is 0. The molecular weight excluding hydrogens is 408 g/mol. The number of ether oxygens (including phenoxy) is 1. The summed E-state index contributed by atoms with van der Waals surface area (Å²) in [7, 11) is 0. The van der Waals surface area contributed by atoms with E-state index in [2.05, 4.69) is 0 Å². The smallest absolute Gasteiger partial charge is 0.294 e. The molecule has 0 saturated heterocycles. The number of aliphatic hydroxyl groups excluding tert-OH is 1. The molecule has 1 atom stereocenters. The van der Waals surface area contributed by atoms with Gasteiger partial charge in [-0.1, -0.05) is 19.1 Å². The fourth-order valence-electron chi connectivity index (χ4n) is 3.62. The summed E-state index contributed by atoms with van der Waals surface area (Å²) in [4.78, 5) is 27.6. The standard InChI is InChI=1S/C25H20N2O5/c1-2-13-31-19-11-7-17(8-12-19)22-21(23(28)20-4-3-14-32-20)24(29)25(30)27(22)18-9-5-16(15-26)6-10-18/h3-12,14,22,29H,2,13H2,1H3. The highest BCUT2D eigenvalue weighted by Crippen LogP contribution is 2.42. The van der Waals surface area contributed by atoms with Crippen molar-refractivity contribution in [2.75, 3.05) is 11.5 Å². The summed E-state index contributed by atoms with van der Waals surface area (Å²) in [6.45, 7) is 2.58. The summed E-state index contributed by atoms with van der Waals surface area (Å²) in [5.74, 6) is -1.23. The zero-order valence-electron chi connectivity index (χ0n) is 17.3. The number of hydrogen-bond donors (Lipinski definition) is 1. The van der Waals surface area contributed by atoms with E-state index in [1.807, 2.05) is 13.0 Å². The fraction of sp³-hybridized carbons (Fsp3) is 0.160. The lowest BCUT2D eigenvalue weighted by Gasteiger charge is -2.27. The van der Waals surface area contributed by atoms with E-state index in [4.69, 9.17) is 14.4 Å². The molecule has 2 heterocycles. The van der Waals surface area contributed by atoms with Crippen LogP contribution in [0.25, 0.3) is 0 Å². The lowest BCUT2D eigenvalue weighted by molar-refractivity contribution is -0.117. The largest absolute Gasteiger partial charge is 0.503 e. The van der Waals surface area contributed by atoms with Gasteiger partial charge in [-0.3, -0.25) is 14.5 Å². The average molecular weight is 428 g/mol. The van der Waals surface area contributed by atoms with Crippen LogP contribution in [0, 0.1) is 11.3 Å². The Labute approximate surface area is 184 Å². The molecule has 7 heteroatoms. The minimum atomic E-state index is -0.881. The van der Waals surface area contributed by atoms with Crippen LogP contribution in [0.4, 0.5) is 5.69 Å². The summed E-state index contributed by atoms with van der Waals surface area (Å²) in [5.41, 5.74) is 1.42. The molecule has 160 valence electrons. The van der Waals surface area contributed by atoms with Crippen molar-refractivity contribution in [3.63, 3.8) is 0 Å². The molecule has 2 aromatic carbocycles. The number of carbonyl (C=O) groups excluding carboxylic acids is 2. The molecule has 1 N–H and O–H groups in total. The molecule has 32 heavy (non-hydrogen) atoms. The summed E-state index contributed by atoms with van der Waals surface area (Å²) < 4.78 is 10.9. The highest BCUT2D eigenvalue weighted by molar-refractivity contribution is 6.20. The Morgan fingerprint density at radius 3 is 2.47 bits per heavy atom. The topological polar surface area (TPSA) is 104 Å². The molecule has 1 aliphatic rings. The van der Waals surface area contributed by atoms with Gasteiger partial charge in [0.2, 0.25) is 5.78 Å². The Bertz CT molecular complexity index is 1200. The number of amides is 1. The highest BCUT2D eigenvalue weighted by atomic mass is 16.5. The molecule has 1 aliphatic heterocycles. The molecule has 3 aromatic rings. The number of hydrogen-bond acceptors (Lipinski definition) is 6. The zero-order valence-corrected chi connectivity index (χ0v) is 17.3. The van der Waals surface area contributed by atoms with Crippen LogP contribution >= 0.6 is 0 Å². The van der Waals surface area contributed by atoms with Crippen LogP contribution in [0.5, 0.6) is 5.75 Å². The van der Waals surface area contributed by atoms with E-state index < -0.39 is 23.5 Å². The van der Waals surface area contributed by atoms with Gasteiger partial charge >= 0.3 is 0 Å². The van der Waals surface area contributed by atoms with Gasteiger partial charge in [-0.15, -0.1) is 0 Å². The predicted octanol–water partition coefficient (Wildman–Crippen LogP) is 4.72. The first kappa shape index (κ1) is 20.9. The Morgan fingerprint density at radius 2 is 1.88 bits per heavy atom. The first-order chi connectivity index (χ1) is 15.5. The van der Waals surface area contributed by atoms with E-state index in [-0.39, 0.29) is 11.3 Å². The molecule has 0 radical (unpaired) electrons. The fourth-order valence-corrected chi connectivity index (χ4v) is 3.62. The van der Waals surface area contributed by atoms with Crippen LogP contribution in [-0.4, -0.2) is 23.4 Å². The van der Waals surface area contributed by atoms with Gasteiger partial charge in [0.1, 0.15) is 5.75 Å². The van der Waals surface area contributed by atoms with Crippen molar-refractivity contribution in [1.82, 2.24) is 0 Å². The molecule has 0 bridgehead atoms. The molecule has 0 aliphatic carbocycles. The van der Waals surface area contributed by atoms with Gasteiger partial charge < -0.3 is 14.3 Å². The number of nitriles is 1. The second-order valence-electron chi connectivity index (χ2n) is 7.22. The summed E-state index contributed by atoms with van der Waals surface area (Å²) in [6.07, 6.45) is 2.22. The van der Waals surface area contributed by atoms with Crippen molar-refractivity contribution in [2.45, 2.75) is 19.4 Å². The van der Waals surface area contributed by atoms with E-state index in [1.54, 1.807) is 54.6 Å². The monoisotopic (exact) mass is 428 g/mol. The number of benzene rings is 2. The van der Waals surface area contributed by atoms with Crippen molar-refractivity contribution in [2.24, 2.45) is 0 Å². The molecule has 7 nitrogen and oxygen atoms in total. The molecule has 0 fully saturated rings. The van der Waals surface area contributed by atoms with E-state index >= 15 is 0 Å². The van der Waals surface area contributed by atoms with Crippen molar-refractivity contribution >= 4 is 17.4 Å². The number of anilines is 1. The lowest BCUT2D eigenvalue weighted by atomic mass is 9.94. The van der Waals surface area contributed by atoms with Gasteiger partial charge in [0.05, 0.1) is 36.1 Å². The quantitative estimate of drug-likeness (QED) is 0.546. The van der Waals surface area contributed by atoms with Gasteiger partial charge in [-0.25, -0.2) is 0 Å². The van der Waals surface area contributed by atoms with Crippen LogP contribution in [0.15, 0.2) is 82.7 Å². The molecule has 0 spiro atoms. The van der Waals surface area contributed by atoms with Gasteiger partial charge in [0.15, 0.2) is 11.5 Å². The molecule has 4 rings (SSSR count). The van der Waals surface area contributed by atoms with Crippen molar-refractivity contribution in [3.05, 3.63) is 95.1 Å². The Balaban J connectivity index is 1.80. The third-order valence-electron chi connectivity index (χ3n) is 5.14. The second-order valence-corrected chi connectivity index (χ2v) is 7.22. The average Bonchev–Trinajstić information content (AvgIpc) is 3.45. The van der Waals surface area contributed by atoms with Crippen LogP contribution in [0.1, 0.15) is 41.1 Å². The summed E-state index contributed by atoms with van der Waals surface area (Å²) in [5, 5.41) is 19.8. The number of aliphatic hydroxyl groups is 1. The maximum Gasteiger partial charge on any atom is 0.294 e. The summed E-state index contributed by atoms with van der Waals surface area (Å²) in [6, 6.07) is 17.6. The van der Waals surface area contributed by atoms with Crippen molar-refractivity contribution in [3.8, 4) is 11.8 Å². The molecule has 1 aromatic heterocycles. The van der Waals surface area contributed by atoms with E-state index in [0.717, 1.165) is 6.42 Å². The van der Waals surface area contributed by atoms with Gasteiger partial charge in [0, 0.05) is 5.69 Å². The van der Waals surface area contributed by atoms with Crippen molar-refractivity contribution in [1.29, 1.82) is 5.26 Å². The third-order valence-corrected chi connectivity index (χ3v) is 5.14. The Morgan fingerprint density at radius 1 is 1.16 bits per heavy atom. The van der Waals surface area contributed by atoms with E-state index in [0.29, 0.717) is 29.2 Å². The number of Topliss-reactive ketones (excluding diaryl/α,β-unsaturated/α-hetero) is 1. The van der Waals surface area contributed by atoms with Crippen LogP contribution in [0.2, 0.25) is 0 Å². The minimum Gasteiger partial charge on any atom is -0.503 e. The number of rotatable bonds is 7. The molecule has 1 unspecified atom stereocenters. The maximum absolute atomic E-state index is 13.2. The number of ketones is 1. The van der Waals surface area contributed by atoms with Crippen LogP contribution in [0.3, 0.4) is 0 Å². The van der Waals surface area contributed by atoms with Crippen LogP contribution < -0.4 is 9.64 Å². The number of nitrogens with zero attached hydrogens (tertiary/aromatic N) is 2. The predicted molar refractivity (Wildman–Crippen MR) is 116 cm³/mol. The molecular formula is C25H20N2O5. The number of furan rings is 1. The van der Waals surface area contributed by atoms with E-state index in [1.165, 1.54) is 17.2 Å². The normalized spacial score (nSPS) is 15.7. The molecule has 0 saturated carbocycles. The zero-order chi connectivity index (χ0) is 22.7. The third kappa shape index (κ3) is 3.74. The first-order valence-corrected chi connectivity index (χ1v) is 10.1. The van der Waals surface area contributed by atoms with Crippen molar-refractivity contribution < 1.29 is 23.8 Å². The highest BCUT2D eigenvalue weighted by Gasteiger charge is 2.45. The Hall–Kier alpha value is -4.31. The molecule has 1 amide bonds. The van der Waals surface area contributed by atoms with Gasteiger partial charge in [0.25, 0.3) is 5.91 Å². The Kier molecular flexibility index (Phi) is 5.77. The number of carbonyl (C=O) groups is 2. The SMILES string of the molecule is CCCOc1ccc(C2C(C(=O)c3ccco3)=C(O)C(=O)N2c2ccc(C#N)cc2)cc1. The first-order valence-electron chi connectivity index (χ1n) is 10.1. The van der Waals surface area contributed by atoms with Crippen LogP contribution in [-0.2, 0) is 4.79 Å². The maximum atomic E-state index is 13.2.